The summed E-state index contributed by atoms with van der Waals surface area (Å²) in [5, 5.41) is 0. The third-order valence-electron chi connectivity index (χ3n) is 3.62. The summed E-state index contributed by atoms with van der Waals surface area (Å²) >= 11 is 0. The summed E-state index contributed by atoms with van der Waals surface area (Å²) in [5.74, 6) is -2.23. The molecule has 2 amide bonds. The Morgan fingerprint density at radius 2 is 1.68 bits per heavy atom. The van der Waals surface area contributed by atoms with E-state index in [1.54, 1.807) is 30.3 Å². The zero-order valence-corrected chi connectivity index (χ0v) is 14.7. The van der Waals surface area contributed by atoms with Crippen LogP contribution in [0.5, 0.6) is 0 Å². The molecule has 0 aliphatic rings. The Morgan fingerprint density at radius 3 is 2.32 bits per heavy atom. The van der Waals surface area contributed by atoms with E-state index in [2.05, 4.69) is 10.9 Å². The minimum atomic E-state index is -4.52. The zero-order chi connectivity index (χ0) is 20.7. The van der Waals surface area contributed by atoms with E-state index < -0.39 is 42.0 Å². The molecule has 0 aliphatic carbocycles. The van der Waals surface area contributed by atoms with Gasteiger partial charge in [0.05, 0.1) is 12.0 Å². The molecule has 1 atom stereocenters. The Balaban J connectivity index is 1.85. The lowest BCUT2D eigenvalue weighted by atomic mass is 10.1. The number of hydrogen-bond acceptors (Lipinski definition) is 4. The van der Waals surface area contributed by atoms with Crippen molar-refractivity contribution in [2.75, 3.05) is 0 Å². The molecule has 0 unspecified atom stereocenters. The maximum atomic E-state index is 12.7. The first-order valence-electron chi connectivity index (χ1n) is 8.17. The number of carbonyl (C=O) groups excluding carboxylic acids is 3. The number of hydrazine groups is 1. The van der Waals surface area contributed by atoms with Crippen LogP contribution in [0, 0.1) is 0 Å². The SMILES string of the molecule is C[C@@H](OC(=O)Cc1cccc(C(F)(F)F)c1)C(=O)NNC(=O)c1ccccc1. The fraction of sp³-hybridized carbons (Fsp3) is 0.211. The largest absolute Gasteiger partial charge is 0.452 e. The van der Waals surface area contributed by atoms with Crippen LogP contribution >= 0.6 is 0 Å². The predicted molar refractivity (Wildman–Crippen MR) is 92.8 cm³/mol. The van der Waals surface area contributed by atoms with Crippen molar-refractivity contribution in [3.8, 4) is 0 Å². The van der Waals surface area contributed by atoms with Gasteiger partial charge in [-0.05, 0) is 30.7 Å². The van der Waals surface area contributed by atoms with Gasteiger partial charge in [-0.3, -0.25) is 25.2 Å². The van der Waals surface area contributed by atoms with Crippen LogP contribution in [0.1, 0.15) is 28.4 Å². The number of carbonyl (C=O) groups is 3. The van der Waals surface area contributed by atoms with E-state index >= 15 is 0 Å². The Hall–Kier alpha value is -3.36. The lowest BCUT2D eigenvalue weighted by Crippen LogP contribution is -2.46. The van der Waals surface area contributed by atoms with E-state index in [4.69, 9.17) is 4.74 Å². The number of hydrogen-bond donors (Lipinski definition) is 2. The molecule has 0 fully saturated rings. The second-order valence-corrected chi connectivity index (χ2v) is 5.82. The number of amides is 2. The highest BCUT2D eigenvalue weighted by Crippen LogP contribution is 2.29. The summed E-state index contributed by atoms with van der Waals surface area (Å²) in [6, 6.07) is 12.4. The summed E-state index contributed by atoms with van der Waals surface area (Å²) < 4.78 is 43.0. The van der Waals surface area contributed by atoms with Crippen molar-refractivity contribution in [2.45, 2.75) is 25.6 Å². The highest BCUT2D eigenvalue weighted by Gasteiger charge is 2.30. The van der Waals surface area contributed by atoms with E-state index in [9.17, 15) is 27.6 Å². The molecule has 0 aromatic heterocycles. The van der Waals surface area contributed by atoms with Gasteiger partial charge in [-0.2, -0.15) is 13.2 Å². The van der Waals surface area contributed by atoms with Gasteiger partial charge in [-0.25, -0.2) is 0 Å². The number of rotatable bonds is 5. The van der Waals surface area contributed by atoms with Crippen molar-refractivity contribution in [3.05, 3.63) is 71.3 Å². The maximum absolute atomic E-state index is 12.7. The van der Waals surface area contributed by atoms with Gasteiger partial charge in [0.2, 0.25) is 0 Å². The van der Waals surface area contributed by atoms with Crippen LogP contribution in [0.4, 0.5) is 13.2 Å². The normalized spacial score (nSPS) is 12.0. The molecule has 0 saturated carbocycles. The second-order valence-electron chi connectivity index (χ2n) is 5.82. The summed E-state index contributed by atoms with van der Waals surface area (Å²) in [4.78, 5) is 35.6. The van der Waals surface area contributed by atoms with Crippen molar-refractivity contribution in [1.29, 1.82) is 0 Å². The predicted octanol–water partition coefficient (Wildman–Crippen LogP) is 2.64. The van der Waals surface area contributed by atoms with E-state index in [-0.39, 0.29) is 5.56 Å². The minimum Gasteiger partial charge on any atom is -0.452 e. The fourth-order valence-electron chi connectivity index (χ4n) is 2.20. The number of esters is 1. The number of ether oxygens (including phenoxy) is 1. The number of benzene rings is 2. The molecule has 2 aromatic carbocycles. The average Bonchev–Trinajstić information content (AvgIpc) is 2.65. The minimum absolute atomic E-state index is 0.102. The molecule has 0 spiro atoms. The summed E-state index contributed by atoms with van der Waals surface area (Å²) in [7, 11) is 0. The van der Waals surface area contributed by atoms with Gasteiger partial charge in [-0.15, -0.1) is 0 Å². The molecule has 0 bridgehead atoms. The second kappa shape index (κ2) is 9.03. The van der Waals surface area contributed by atoms with Crippen LogP contribution in [-0.2, 0) is 26.9 Å². The topological polar surface area (TPSA) is 84.5 Å². The van der Waals surface area contributed by atoms with Crippen LogP contribution < -0.4 is 10.9 Å². The first kappa shape index (κ1) is 20.9. The van der Waals surface area contributed by atoms with Gasteiger partial charge < -0.3 is 4.74 Å². The monoisotopic (exact) mass is 394 g/mol. The van der Waals surface area contributed by atoms with E-state index in [0.29, 0.717) is 5.56 Å². The summed E-state index contributed by atoms with van der Waals surface area (Å²) in [6.07, 6.45) is -6.21. The smallest absolute Gasteiger partial charge is 0.416 e. The Kier molecular flexibility index (Phi) is 6.75. The molecule has 148 valence electrons. The van der Waals surface area contributed by atoms with Crippen molar-refractivity contribution in [2.24, 2.45) is 0 Å². The molecule has 2 N–H and O–H groups in total. The average molecular weight is 394 g/mol. The number of nitrogens with one attached hydrogen (secondary N) is 2. The standard InChI is InChI=1S/C19H17F3N2O4/c1-12(17(26)23-24-18(27)14-7-3-2-4-8-14)28-16(25)11-13-6-5-9-15(10-13)19(20,21)22/h2-10,12H,11H2,1H3,(H,23,26)(H,24,27)/t12-/m1/s1. The molecule has 2 aromatic rings. The third-order valence-corrected chi connectivity index (χ3v) is 3.62. The molecule has 6 nitrogen and oxygen atoms in total. The Morgan fingerprint density at radius 1 is 1.00 bits per heavy atom. The Bertz CT molecular complexity index is 854. The number of halogens is 3. The molecule has 9 heteroatoms. The maximum Gasteiger partial charge on any atom is 0.416 e. The van der Waals surface area contributed by atoms with Crippen molar-refractivity contribution < 1.29 is 32.3 Å². The van der Waals surface area contributed by atoms with Gasteiger partial charge >= 0.3 is 12.1 Å². The van der Waals surface area contributed by atoms with Crippen molar-refractivity contribution in [3.63, 3.8) is 0 Å². The van der Waals surface area contributed by atoms with Gasteiger partial charge in [0.15, 0.2) is 6.10 Å². The Labute approximate surface area is 158 Å². The zero-order valence-electron chi connectivity index (χ0n) is 14.7. The highest BCUT2D eigenvalue weighted by atomic mass is 19.4. The molecule has 0 radical (unpaired) electrons. The number of alkyl halides is 3. The molecular formula is C19H17F3N2O4. The highest BCUT2D eigenvalue weighted by molar-refractivity contribution is 5.95. The van der Waals surface area contributed by atoms with Gasteiger partial charge in [0.25, 0.3) is 11.8 Å². The van der Waals surface area contributed by atoms with E-state index in [0.717, 1.165) is 12.1 Å². The summed E-state index contributed by atoms with van der Waals surface area (Å²) in [5.41, 5.74) is 3.82. The van der Waals surface area contributed by atoms with Crippen molar-refractivity contribution in [1.82, 2.24) is 10.9 Å². The first-order chi connectivity index (χ1) is 13.2. The van der Waals surface area contributed by atoms with Crippen LogP contribution in [0.2, 0.25) is 0 Å². The molecule has 0 aliphatic heterocycles. The lowest BCUT2D eigenvalue weighted by molar-refractivity contribution is -0.154. The molecule has 0 saturated heterocycles. The summed E-state index contributed by atoms with van der Waals surface area (Å²) in [6.45, 7) is 1.27. The van der Waals surface area contributed by atoms with E-state index in [1.165, 1.54) is 19.1 Å². The third kappa shape index (κ3) is 6.11. The molecule has 28 heavy (non-hydrogen) atoms. The van der Waals surface area contributed by atoms with Gasteiger partial charge in [0, 0.05) is 5.56 Å². The quantitative estimate of drug-likeness (QED) is 0.603. The van der Waals surface area contributed by atoms with Crippen molar-refractivity contribution >= 4 is 17.8 Å². The van der Waals surface area contributed by atoms with Gasteiger partial charge in [-0.1, -0.05) is 36.4 Å². The molecule has 0 heterocycles. The van der Waals surface area contributed by atoms with Crippen LogP contribution in [0.15, 0.2) is 54.6 Å². The fourth-order valence-corrected chi connectivity index (χ4v) is 2.20. The van der Waals surface area contributed by atoms with Crippen LogP contribution in [0.3, 0.4) is 0 Å². The van der Waals surface area contributed by atoms with Crippen LogP contribution in [-0.4, -0.2) is 23.9 Å². The van der Waals surface area contributed by atoms with E-state index in [1.807, 2.05) is 0 Å². The molecular weight excluding hydrogens is 377 g/mol. The van der Waals surface area contributed by atoms with Gasteiger partial charge in [0.1, 0.15) is 0 Å². The van der Waals surface area contributed by atoms with Crippen LogP contribution in [0.25, 0.3) is 0 Å². The lowest BCUT2D eigenvalue weighted by Gasteiger charge is -2.14. The first-order valence-corrected chi connectivity index (χ1v) is 8.17. The molecule has 2 rings (SSSR count).